The summed E-state index contributed by atoms with van der Waals surface area (Å²) >= 11 is 0. The first-order valence-electron chi connectivity index (χ1n) is 8.37. The maximum Gasteiger partial charge on any atom is 0.115 e. The third kappa shape index (κ3) is 2.68. The molecule has 0 amide bonds. The molecule has 0 bridgehead atoms. The summed E-state index contributed by atoms with van der Waals surface area (Å²) in [6, 6.07) is 10.2. The predicted molar refractivity (Wildman–Crippen MR) is 86.5 cm³/mol. The highest BCUT2D eigenvalue weighted by molar-refractivity contribution is 5.35. The minimum absolute atomic E-state index is 0.276. The van der Waals surface area contributed by atoms with Crippen molar-refractivity contribution in [3.05, 3.63) is 47.8 Å². The summed E-state index contributed by atoms with van der Waals surface area (Å²) in [6.07, 6.45) is 4.85. The first-order chi connectivity index (χ1) is 11.3. The van der Waals surface area contributed by atoms with E-state index >= 15 is 0 Å². The largest absolute Gasteiger partial charge is 0.368 e. The molecule has 1 aromatic heterocycles. The lowest BCUT2D eigenvalue weighted by Crippen LogP contribution is -2.47. The summed E-state index contributed by atoms with van der Waals surface area (Å²) in [4.78, 5) is 2.18. The third-order valence-corrected chi connectivity index (χ3v) is 5.06. The molecule has 1 saturated heterocycles. The van der Waals surface area contributed by atoms with Crippen molar-refractivity contribution in [3.8, 4) is 5.69 Å². The fraction of sp³-hybridized carbons (Fsp3) is 0.500. The first-order valence-corrected chi connectivity index (χ1v) is 8.37. The van der Waals surface area contributed by atoms with Crippen LogP contribution in [-0.4, -0.2) is 47.6 Å². The molecular formula is C18H22FN3O. The number of hydrogen-bond acceptors (Lipinski definition) is 3. The Balaban J connectivity index is 1.63. The lowest BCUT2D eigenvalue weighted by molar-refractivity contribution is -0.101. The Morgan fingerprint density at radius 2 is 1.96 bits per heavy atom. The molecule has 0 aliphatic carbocycles. The van der Waals surface area contributed by atoms with Gasteiger partial charge >= 0.3 is 0 Å². The number of ether oxygens (including phenoxy) is 1. The van der Waals surface area contributed by atoms with Crippen LogP contribution in [0.25, 0.3) is 5.69 Å². The summed E-state index contributed by atoms with van der Waals surface area (Å²) in [5.41, 5.74) is 3.18. The second-order valence-electron chi connectivity index (χ2n) is 6.41. The van der Waals surface area contributed by atoms with E-state index in [0.717, 1.165) is 50.3 Å². The maximum atomic E-state index is 12.6. The Labute approximate surface area is 135 Å². The Bertz CT molecular complexity index is 662. The number of aromatic nitrogens is 2. The average Bonchev–Trinajstić information content (AvgIpc) is 3.04. The van der Waals surface area contributed by atoms with E-state index in [1.807, 2.05) is 22.9 Å². The maximum absolute atomic E-state index is 12.6. The number of hydrogen-bond donors (Lipinski definition) is 0. The van der Waals surface area contributed by atoms with Crippen LogP contribution in [-0.2, 0) is 16.8 Å². The van der Waals surface area contributed by atoms with Gasteiger partial charge in [0.1, 0.15) is 12.3 Å². The Morgan fingerprint density at radius 1 is 1.17 bits per heavy atom. The number of alkyl halides is 1. The molecule has 3 heterocycles. The van der Waals surface area contributed by atoms with Gasteiger partial charge in [-0.05, 0) is 37.0 Å². The number of rotatable bonds is 3. The zero-order valence-electron chi connectivity index (χ0n) is 13.2. The van der Waals surface area contributed by atoms with Gasteiger partial charge in [-0.3, -0.25) is 0 Å². The highest BCUT2D eigenvalue weighted by Gasteiger charge is 2.43. The van der Waals surface area contributed by atoms with Crippen molar-refractivity contribution >= 4 is 0 Å². The predicted octanol–water partition coefficient (Wildman–Crippen LogP) is 2.71. The molecule has 23 heavy (non-hydrogen) atoms. The van der Waals surface area contributed by atoms with Crippen LogP contribution in [0.3, 0.4) is 0 Å². The lowest BCUT2D eigenvalue weighted by atomic mass is 9.84. The molecule has 4 rings (SSSR count). The molecule has 1 fully saturated rings. The van der Waals surface area contributed by atoms with Crippen molar-refractivity contribution in [3.63, 3.8) is 0 Å². The van der Waals surface area contributed by atoms with Gasteiger partial charge in [-0.15, -0.1) is 0 Å². The summed E-state index contributed by atoms with van der Waals surface area (Å²) < 4.78 is 20.7. The number of likely N-dealkylation sites (tertiary alicyclic amines) is 1. The number of benzene rings is 1. The smallest absolute Gasteiger partial charge is 0.115 e. The minimum atomic E-state index is -0.277. The molecule has 122 valence electrons. The molecular weight excluding hydrogens is 293 g/mol. The average molecular weight is 315 g/mol. The van der Waals surface area contributed by atoms with Crippen molar-refractivity contribution in [2.45, 2.75) is 24.9 Å². The monoisotopic (exact) mass is 315 g/mol. The molecule has 4 nitrogen and oxygen atoms in total. The second kappa shape index (κ2) is 6.06. The van der Waals surface area contributed by atoms with E-state index in [0.29, 0.717) is 6.54 Å². The van der Waals surface area contributed by atoms with E-state index in [9.17, 15) is 4.39 Å². The minimum Gasteiger partial charge on any atom is -0.368 e. The third-order valence-electron chi connectivity index (χ3n) is 5.06. The molecule has 5 heteroatoms. The second-order valence-corrected chi connectivity index (χ2v) is 6.41. The Hall–Kier alpha value is -1.72. The number of nitrogens with zero attached hydrogens (tertiary/aromatic N) is 3. The van der Waals surface area contributed by atoms with E-state index in [1.165, 1.54) is 5.56 Å². The zero-order valence-corrected chi connectivity index (χ0v) is 13.2. The van der Waals surface area contributed by atoms with Crippen molar-refractivity contribution in [1.29, 1.82) is 0 Å². The van der Waals surface area contributed by atoms with E-state index < -0.39 is 0 Å². The lowest BCUT2D eigenvalue weighted by Gasteiger charge is -2.42. The fourth-order valence-corrected chi connectivity index (χ4v) is 3.75. The summed E-state index contributed by atoms with van der Waals surface area (Å²) in [6.45, 7) is 2.75. The van der Waals surface area contributed by atoms with Gasteiger partial charge in [0.25, 0.3) is 0 Å². The van der Waals surface area contributed by atoms with Crippen molar-refractivity contribution in [2.24, 2.45) is 0 Å². The number of halogens is 1. The number of fused-ring (bicyclic) bond motifs is 2. The van der Waals surface area contributed by atoms with E-state index in [1.54, 1.807) is 0 Å². The van der Waals surface area contributed by atoms with Gasteiger partial charge in [0.15, 0.2) is 0 Å². The van der Waals surface area contributed by atoms with Crippen LogP contribution in [0.2, 0.25) is 0 Å². The van der Waals surface area contributed by atoms with E-state index in [2.05, 4.69) is 23.2 Å². The zero-order chi connectivity index (χ0) is 15.7. The molecule has 1 aromatic carbocycles. The Kier molecular flexibility index (Phi) is 3.91. The summed E-state index contributed by atoms with van der Waals surface area (Å²) in [5, 5.41) is 4.87. The topological polar surface area (TPSA) is 30.3 Å². The number of para-hydroxylation sites is 1. The number of piperidine rings is 1. The van der Waals surface area contributed by atoms with E-state index in [4.69, 9.17) is 9.84 Å². The van der Waals surface area contributed by atoms with Gasteiger partial charge in [-0.1, -0.05) is 18.2 Å². The highest BCUT2D eigenvalue weighted by atomic mass is 19.1. The van der Waals surface area contributed by atoms with Gasteiger partial charge in [-0.25, -0.2) is 9.07 Å². The van der Waals surface area contributed by atoms with Crippen molar-refractivity contribution in [2.75, 3.05) is 32.9 Å². The molecule has 0 saturated carbocycles. The molecule has 0 N–H and O–H groups in total. The van der Waals surface area contributed by atoms with Gasteiger partial charge < -0.3 is 9.64 Å². The molecule has 1 spiro atoms. The van der Waals surface area contributed by atoms with Crippen molar-refractivity contribution in [1.82, 2.24) is 14.7 Å². The molecule has 2 aliphatic rings. The highest BCUT2D eigenvalue weighted by Crippen LogP contribution is 2.40. The summed E-state index contributed by atoms with van der Waals surface area (Å²) in [7, 11) is 0. The van der Waals surface area contributed by atoms with Crippen molar-refractivity contribution < 1.29 is 9.13 Å². The van der Waals surface area contributed by atoms with Gasteiger partial charge in [0.05, 0.1) is 18.0 Å². The van der Waals surface area contributed by atoms with Gasteiger partial charge in [-0.2, -0.15) is 5.10 Å². The summed E-state index contributed by atoms with van der Waals surface area (Å²) in [5.74, 6) is 0. The van der Waals surface area contributed by atoms with Crippen LogP contribution in [0.4, 0.5) is 4.39 Å². The Morgan fingerprint density at radius 3 is 2.70 bits per heavy atom. The van der Waals surface area contributed by atoms with Gasteiger partial charge in [0.2, 0.25) is 0 Å². The van der Waals surface area contributed by atoms with Crippen LogP contribution in [0.5, 0.6) is 0 Å². The fourth-order valence-electron chi connectivity index (χ4n) is 3.75. The molecule has 2 aromatic rings. The SMILES string of the molecule is FCCN1CCC2(CC1)OCCc1cn(-c3ccccc3)nc12. The van der Waals surface area contributed by atoms with Gasteiger partial charge in [0, 0.05) is 25.8 Å². The van der Waals surface area contributed by atoms with Crippen LogP contribution in [0.15, 0.2) is 36.5 Å². The van der Waals surface area contributed by atoms with Crippen LogP contribution < -0.4 is 0 Å². The first kappa shape index (κ1) is 14.8. The van der Waals surface area contributed by atoms with E-state index in [-0.39, 0.29) is 12.3 Å². The molecule has 0 atom stereocenters. The normalized spacial score (nSPS) is 20.6. The van der Waals surface area contributed by atoms with Crippen LogP contribution in [0, 0.1) is 0 Å². The quantitative estimate of drug-likeness (QED) is 0.872. The standard InChI is InChI=1S/C18H22FN3O/c19-9-12-21-10-7-18(8-11-21)17-15(6-13-23-18)14-22(20-17)16-4-2-1-3-5-16/h1-5,14H,6-13H2. The molecule has 2 aliphatic heterocycles. The van der Waals surface area contributed by atoms with Crippen LogP contribution in [0.1, 0.15) is 24.1 Å². The molecule has 0 unspecified atom stereocenters. The van der Waals surface area contributed by atoms with Crippen LogP contribution >= 0.6 is 0 Å². The molecule has 0 radical (unpaired) electrons.